The van der Waals surface area contributed by atoms with Crippen LogP contribution in [0.3, 0.4) is 0 Å². The lowest BCUT2D eigenvalue weighted by Crippen LogP contribution is -2.55. The normalized spacial score (nSPS) is 31.6. The summed E-state index contributed by atoms with van der Waals surface area (Å²) in [6, 6.07) is 6.29. The number of aliphatic hydroxyl groups excluding tert-OH is 1. The number of unbranched alkanes of at least 4 members (excludes halogenated alkanes) is 2. The number of hydrogen-bond acceptors (Lipinski definition) is 5. The van der Waals surface area contributed by atoms with Crippen molar-refractivity contribution in [2.75, 3.05) is 25.0 Å². The van der Waals surface area contributed by atoms with Crippen molar-refractivity contribution in [2.45, 2.75) is 62.0 Å². The number of carbonyl (C=O) groups is 3. The van der Waals surface area contributed by atoms with Gasteiger partial charge >= 0.3 is 0 Å². The Bertz CT molecular complexity index is 929. The number of benzene rings is 1. The largest absolute Gasteiger partial charge is 0.396 e. The Balaban J connectivity index is 1.66. The van der Waals surface area contributed by atoms with E-state index in [1.54, 1.807) is 40.9 Å². The van der Waals surface area contributed by atoms with Crippen molar-refractivity contribution < 1.29 is 19.5 Å². The van der Waals surface area contributed by atoms with Gasteiger partial charge in [0.25, 0.3) is 0 Å². The fourth-order valence-electron chi connectivity index (χ4n) is 6.04. The highest BCUT2D eigenvalue weighted by Gasteiger charge is 2.75. The molecule has 3 heterocycles. The lowest BCUT2D eigenvalue weighted by Gasteiger charge is -2.38. The Morgan fingerprint density at radius 2 is 1.94 bits per heavy atom. The minimum Gasteiger partial charge on any atom is -0.396 e. The summed E-state index contributed by atoms with van der Waals surface area (Å²) in [4.78, 5) is 42.5. The molecule has 3 saturated heterocycles. The first-order chi connectivity index (χ1) is 16.3. The second-order valence-electron chi connectivity index (χ2n) is 9.66. The van der Waals surface area contributed by atoms with E-state index >= 15 is 0 Å². The highest BCUT2D eigenvalue weighted by atomic mass is 35.5. The van der Waals surface area contributed by atoms with Gasteiger partial charge in [-0.25, -0.2) is 0 Å². The first kappa shape index (κ1) is 25.3. The van der Waals surface area contributed by atoms with Crippen molar-refractivity contribution in [1.82, 2.24) is 10.2 Å². The summed E-state index contributed by atoms with van der Waals surface area (Å²) in [6.45, 7) is 5.25. The third-order valence-corrected chi connectivity index (χ3v) is 9.84. The summed E-state index contributed by atoms with van der Waals surface area (Å²) in [7, 11) is 0. The van der Waals surface area contributed by atoms with Crippen molar-refractivity contribution in [3.05, 3.63) is 29.3 Å². The standard InChI is InChI=1S/C25H34ClN3O4S/c1-3-11-27-22(31)19-18-14-15(2)25(34-18)20(19)24(33)29(12-5-4-6-13-30)21(25)23(32)28-17-9-7-16(26)8-10-17/h7-10,15,18-21,30H,3-6,11-14H2,1-2H3,(H,27,31)(H,28,32)/t15?,18-,19+,20+,21?,25?/m1/s1. The molecule has 6 atom stereocenters. The molecular weight excluding hydrogens is 474 g/mol. The van der Waals surface area contributed by atoms with Crippen LogP contribution in [0.25, 0.3) is 0 Å². The number of amides is 3. The molecule has 3 N–H and O–H groups in total. The van der Waals surface area contributed by atoms with Gasteiger partial charge in [-0.2, -0.15) is 0 Å². The molecule has 3 unspecified atom stereocenters. The van der Waals surface area contributed by atoms with Crippen molar-refractivity contribution in [1.29, 1.82) is 0 Å². The fourth-order valence-corrected chi connectivity index (χ4v) is 8.59. The van der Waals surface area contributed by atoms with Gasteiger partial charge in [0, 0.05) is 35.7 Å². The van der Waals surface area contributed by atoms with E-state index in [1.807, 2.05) is 6.92 Å². The molecule has 3 amide bonds. The van der Waals surface area contributed by atoms with Gasteiger partial charge in [0.15, 0.2) is 0 Å². The molecule has 0 saturated carbocycles. The monoisotopic (exact) mass is 507 g/mol. The molecule has 3 fully saturated rings. The smallest absolute Gasteiger partial charge is 0.248 e. The van der Waals surface area contributed by atoms with Gasteiger partial charge in [0.2, 0.25) is 17.7 Å². The molecule has 0 aromatic heterocycles. The molecule has 186 valence electrons. The van der Waals surface area contributed by atoms with Crippen LogP contribution >= 0.6 is 23.4 Å². The van der Waals surface area contributed by atoms with Crippen LogP contribution in [0.4, 0.5) is 5.69 Å². The van der Waals surface area contributed by atoms with Crippen LogP contribution < -0.4 is 10.6 Å². The predicted octanol–water partition coefficient (Wildman–Crippen LogP) is 3.30. The minimum atomic E-state index is -0.649. The van der Waals surface area contributed by atoms with Crippen LogP contribution in [0.1, 0.15) is 46.0 Å². The van der Waals surface area contributed by atoms with Gasteiger partial charge in [-0.15, -0.1) is 11.8 Å². The Hall–Kier alpha value is -1.77. The van der Waals surface area contributed by atoms with Crippen molar-refractivity contribution in [2.24, 2.45) is 17.8 Å². The summed E-state index contributed by atoms with van der Waals surface area (Å²) >= 11 is 7.68. The summed E-state index contributed by atoms with van der Waals surface area (Å²) in [5.74, 6) is -1.13. The van der Waals surface area contributed by atoms with E-state index in [4.69, 9.17) is 16.7 Å². The molecule has 3 aliphatic rings. The second-order valence-corrected chi connectivity index (χ2v) is 11.6. The molecule has 1 spiro atoms. The van der Waals surface area contributed by atoms with Crippen LogP contribution in [0.5, 0.6) is 0 Å². The third-order valence-electron chi connectivity index (χ3n) is 7.51. The van der Waals surface area contributed by atoms with Crippen LogP contribution in [0, 0.1) is 17.8 Å². The van der Waals surface area contributed by atoms with Gasteiger partial charge in [0.1, 0.15) is 6.04 Å². The Kier molecular flexibility index (Phi) is 7.79. The van der Waals surface area contributed by atoms with E-state index in [-0.39, 0.29) is 35.5 Å². The highest BCUT2D eigenvalue weighted by Crippen LogP contribution is 2.68. The number of anilines is 1. The van der Waals surface area contributed by atoms with E-state index in [2.05, 4.69) is 17.6 Å². The molecule has 34 heavy (non-hydrogen) atoms. The van der Waals surface area contributed by atoms with E-state index in [0.717, 1.165) is 19.3 Å². The molecule has 4 rings (SSSR count). The van der Waals surface area contributed by atoms with Crippen molar-refractivity contribution >= 4 is 46.8 Å². The summed E-state index contributed by atoms with van der Waals surface area (Å²) in [6.07, 6.45) is 3.79. The molecule has 0 aliphatic carbocycles. The first-order valence-electron chi connectivity index (χ1n) is 12.3. The van der Waals surface area contributed by atoms with Gasteiger partial charge < -0.3 is 20.6 Å². The fraction of sp³-hybridized carbons (Fsp3) is 0.640. The SMILES string of the molecule is CCCNC(=O)[C@@H]1[C@H]2C(=O)N(CCCCCO)C(C(=O)Nc3ccc(Cl)cc3)C23S[C@@H]1CC3C. The zero-order chi connectivity index (χ0) is 24.5. The number of hydrogen-bond donors (Lipinski definition) is 3. The Labute approximate surface area is 210 Å². The first-order valence-corrected chi connectivity index (χ1v) is 13.5. The predicted molar refractivity (Wildman–Crippen MR) is 135 cm³/mol. The van der Waals surface area contributed by atoms with E-state index in [0.29, 0.717) is 36.6 Å². The molecule has 1 aromatic rings. The Morgan fingerprint density at radius 1 is 1.21 bits per heavy atom. The average molecular weight is 508 g/mol. The quantitative estimate of drug-likeness (QED) is 0.422. The van der Waals surface area contributed by atoms with Gasteiger partial charge in [-0.3, -0.25) is 14.4 Å². The van der Waals surface area contributed by atoms with E-state index in [9.17, 15) is 14.4 Å². The maximum Gasteiger partial charge on any atom is 0.248 e. The lowest BCUT2D eigenvalue weighted by atomic mass is 9.66. The molecule has 1 aromatic carbocycles. The lowest BCUT2D eigenvalue weighted by molar-refractivity contribution is -0.139. The Morgan fingerprint density at radius 3 is 2.62 bits per heavy atom. The number of thioether (sulfide) groups is 1. The van der Waals surface area contributed by atoms with Crippen LogP contribution in [-0.4, -0.2) is 63.5 Å². The second kappa shape index (κ2) is 10.5. The van der Waals surface area contributed by atoms with Gasteiger partial charge in [-0.1, -0.05) is 25.4 Å². The molecule has 7 nitrogen and oxygen atoms in total. The molecule has 3 aliphatic heterocycles. The average Bonchev–Trinajstić information content (AvgIpc) is 3.40. The van der Waals surface area contributed by atoms with Gasteiger partial charge in [-0.05, 0) is 62.3 Å². The van der Waals surface area contributed by atoms with Crippen LogP contribution in [-0.2, 0) is 14.4 Å². The number of likely N-dealkylation sites (tertiary alicyclic amines) is 1. The van der Waals surface area contributed by atoms with Crippen LogP contribution in [0.15, 0.2) is 24.3 Å². The maximum absolute atomic E-state index is 13.9. The maximum atomic E-state index is 13.9. The molecule has 9 heteroatoms. The summed E-state index contributed by atoms with van der Waals surface area (Å²) in [5, 5.41) is 15.8. The highest BCUT2D eigenvalue weighted by molar-refractivity contribution is 8.02. The molecular formula is C25H34ClN3O4S. The number of halogens is 1. The van der Waals surface area contributed by atoms with E-state index < -0.39 is 22.6 Å². The summed E-state index contributed by atoms with van der Waals surface area (Å²) < 4.78 is -0.622. The number of rotatable bonds is 10. The summed E-state index contributed by atoms with van der Waals surface area (Å²) in [5.41, 5.74) is 0.629. The van der Waals surface area contributed by atoms with Crippen molar-refractivity contribution in [3.8, 4) is 0 Å². The topological polar surface area (TPSA) is 98.7 Å². The van der Waals surface area contributed by atoms with Gasteiger partial charge in [0.05, 0.1) is 16.6 Å². The van der Waals surface area contributed by atoms with Crippen LogP contribution in [0.2, 0.25) is 5.02 Å². The zero-order valence-corrected chi connectivity index (χ0v) is 21.3. The number of fused-ring (bicyclic) bond motifs is 1. The minimum absolute atomic E-state index is 0.0446. The van der Waals surface area contributed by atoms with E-state index in [1.165, 1.54) is 0 Å². The molecule has 0 radical (unpaired) electrons. The molecule has 2 bridgehead atoms. The third kappa shape index (κ3) is 4.33. The number of aliphatic hydroxyl groups is 1. The number of carbonyl (C=O) groups excluding carboxylic acids is 3. The van der Waals surface area contributed by atoms with Crippen molar-refractivity contribution in [3.63, 3.8) is 0 Å². The zero-order valence-electron chi connectivity index (χ0n) is 19.8. The number of nitrogens with zero attached hydrogens (tertiary/aromatic N) is 1. The number of nitrogens with one attached hydrogen (secondary N) is 2.